The summed E-state index contributed by atoms with van der Waals surface area (Å²) in [5.41, 5.74) is 2.26. The third kappa shape index (κ3) is 3.69. The standard InChI is InChI=1S/C12H17N3/c1-3-12(6-7-13)15-9-11-5-4-8-14-10(11)2/h4-5,8,12,15H,3,6,9H2,1-2H3/t12-/m0/s1. The minimum absolute atomic E-state index is 0.287. The molecule has 1 aromatic rings. The molecule has 1 rings (SSSR count). The molecular weight excluding hydrogens is 186 g/mol. The predicted octanol–water partition coefficient (Wildman–Crippen LogP) is 2.17. The van der Waals surface area contributed by atoms with Gasteiger partial charge in [0, 0.05) is 24.5 Å². The maximum absolute atomic E-state index is 8.62. The van der Waals surface area contributed by atoms with Crippen molar-refractivity contribution in [3.8, 4) is 6.07 Å². The molecule has 80 valence electrons. The van der Waals surface area contributed by atoms with E-state index in [9.17, 15) is 0 Å². The molecule has 1 atom stereocenters. The predicted molar refractivity (Wildman–Crippen MR) is 60.1 cm³/mol. The Bertz CT molecular complexity index is 341. The van der Waals surface area contributed by atoms with Gasteiger partial charge >= 0.3 is 0 Å². The smallest absolute Gasteiger partial charge is 0.0638 e. The zero-order valence-electron chi connectivity index (χ0n) is 9.33. The summed E-state index contributed by atoms with van der Waals surface area (Å²) < 4.78 is 0. The third-order valence-corrected chi connectivity index (χ3v) is 2.53. The van der Waals surface area contributed by atoms with Gasteiger partial charge in [0.15, 0.2) is 0 Å². The van der Waals surface area contributed by atoms with E-state index in [-0.39, 0.29) is 6.04 Å². The Hall–Kier alpha value is -1.40. The lowest BCUT2D eigenvalue weighted by molar-refractivity contribution is 0.503. The summed E-state index contributed by atoms with van der Waals surface area (Å²) in [6.07, 6.45) is 3.34. The van der Waals surface area contributed by atoms with Gasteiger partial charge < -0.3 is 5.32 Å². The summed E-state index contributed by atoms with van der Waals surface area (Å²) in [5.74, 6) is 0. The molecule has 0 radical (unpaired) electrons. The summed E-state index contributed by atoms with van der Waals surface area (Å²) in [5, 5.41) is 12.0. The van der Waals surface area contributed by atoms with Crippen molar-refractivity contribution in [3.05, 3.63) is 29.6 Å². The largest absolute Gasteiger partial charge is 0.309 e. The van der Waals surface area contributed by atoms with Crippen molar-refractivity contribution in [1.82, 2.24) is 10.3 Å². The van der Waals surface area contributed by atoms with Crippen LogP contribution in [0.15, 0.2) is 18.3 Å². The second-order valence-corrected chi connectivity index (χ2v) is 3.60. The van der Waals surface area contributed by atoms with Crippen LogP contribution in [0.5, 0.6) is 0 Å². The minimum Gasteiger partial charge on any atom is -0.309 e. The molecule has 0 unspecified atom stereocenters. The average Bonchev–Trinajstić information content (AvgIpc) is 2.26. The van der Waals surface area contributed by atoms with Crippen LogP contribution in [-0.4, -0.2) is 11.0 Å². The molecule has 0 saturated carbocycles. The van der Waals surface area contributed by atoms with Crippen molar-refractivity contribution in [1.29, 1.82) is 5.26 Å². The van der Waals surface area contributed by atoms with Crippen molar-refractivity contribution in [2.75, 3.05) is 0 Å². The average molecular weight is 203 g/mol. The topological polar surface area (TPSA) is 48.7 Å². The van der Waals surface area contributed by atoms with Crippen molar-refractivity contribution in [2.24, 2.45) is 0 Å². The monoisotopic (exact) mass is 203 g/mol. The lowest BCUT2D eigenvalue weighted by Crippen LogP contribution is -2.27. The van der Waals surface area contributed by atoms with Crippen molar-refractivity contribution >= 4 is 0 Å². The van der Waals surface area contributed by atoms with E-state index >= 15 is 0 Å². The van der Waals surface area contributed by atoms with Gasteiger partial charge in [-0.05, 0) is 25.0 Å². The molecule has 0 amide bonds. The molecule has 15 heavy (non-hydrogen) atoms. The van der Waals surface area contributed by atoms with E-state index in [1.807, 2.05) is 13.0 Å². The number of pyridine rings is 1. The first-order valence-corrected chi connectivity index (χ1v) is 5.28. The van der Waals surface area contributed by atoms with E-state index in [0.29, 0.717) is 6.42 Å². The molecule has 0 aromatic carbocycles. The summed E-state index contributed by atoms with van der Waals surface area (Å²) in [7, 11) is 0. The van der Waals surface area contributed by atoms with Gasteiger partial charge in [-0.15, -0.1) is 0 Å². The maximum atomic E-state index is 8.62. The summed E-state index contributed by atoms with van der Waals surface area (Å²) in [6.45, 7) is 4.88. The molecule has 3 heteroatoms. The highest BCUT2D eigenvalue weighted by Gasteiger charge is 2.05. The Morgan fingerprint density at radius 2 is 2.40 bits per heavy atom. The highest BCUT2D eigenvalue weighted by molar-refractivity contribution is 5.17. The van der Waals surface area contributed by atoms with Gasteiger partial charge in [-0.1, -0.05) is 13.0 Å². The van der Waals surface area contributed by atoms with Gasteiger partial charge in [-0.2, -0.15) is 5.26 Å². The fourth-order valence-corrected chi connectivity index (χ4v) is 1.43. The first kappa shape index (κ1) is 11.7. The van der Waals surface area contributed by atoms with Gasteiger partial charge in [-0.25, -0.2) is 0 Å². The molecule has 0 aliphatic carbocycles. The van der Waals surface area contributed by atoms with Crippen LogP contribution in [0.1, 0.15) is 31.0 Å². The Kier molecular flexibility index (Phi) is 4.79. The van der Waals surface area contributed by atoms with E-state index in [2.05, 4.69) is 29.4 Å². The Labute approximate surface area is 91.1 Å². The lowest BCUT2D eigenvalue weighted by atomic mass is 10.1. The van der Waals surface area contributed by atoms with E-state index in [1.54, 1.807) is 6.20 Å². The number of hydrogen-bond donors (Lipinski definition) is 1. The quantitative estimate of drug-likeness (QED) is 0.797. The minimum atomic E-state index is 0.287. The van der Waals surface area contributed by atoms with Crippen molar-refractivity contribution in [2.45, 2.75) is 39.3 Å². The number of aryl methyl sites for hydroxylation is 1. The zero-order chi connectivity index (χ0) is 11.1. The first-order valence-electron chi connectivity index (χ1n) is 5.28. The number of nitriles is 1. The van der Waals surface area contributed by atoms with E-state index in [0.717, 1.165) is 18.7 Å². The molecular formula is C12H17N3. The number of rotatable bonds is 5. The Morgan fingerprint density at radius 3 is 3.00 bits per heavy atom. The van der Waals surface area contributed by atoms with E-state index in [4.69, 9.17) is 5.26 Å². The summed E-state index contributed by atoms with van der Waals surface area (Å²) >= 11 is 0. The maximum Gasteiger partial charge on any atom is 0.0638 e. The molecule has 0 saturated heterocycles. The van der Waals surface area contributed by atoms with E-state index in [1.165, 1.54) is 5.56 Å². The van der Waals surface area contributed by atoms with Crippen molar-refractivity contribution < 1.29 is 0 Å². The fourth-order valence-electron chi connectivity index (χ4n) is 1.43. The number of nitrogens with one attached hydrogen (secondary N) is 1. The molecule has 1 heterocycles. The second-order valence-electron chi connectivity index (χ2n) is 3.60. The highest BCUT2D eigenvalue weighted by atomic mass is 14.9. The fraction of sp³-hybridized carbons (Fsp3) is 0.500. The molecule has 0 fully saturated rings. The van der Waals surface area contributed by atoms with Gasteiger partial charge in [0.1, 0.15) is 0 Å². The first-order chi connectivity index (χ1) is 7.27. The number of aromatic nitrogens is 1. The van der Waals surface area contributed by atoms with E-state index < -0.39 is 0 Å². The molecule has 1 aromatic heterocycles. The van der Waals surface area contributed by atoms with Crippen LogP contribution in [0.2, 0.25) is 0 Å². The van der Waals surface area contributed by atoms with Crippen LogP contribution in [0, 0.1) is 18.3 Å². The van der Waals surface area contributed by atoms with Crippen LogP contribution in [-0.2, 0) is 6.54 Å². The number of hydrogen-bond acceptors (Lipinski definition) is 3. The van der Waals surface area contributed by atoms with Crippen LogP contribution >= 0.6 is 0 Å². The van der Waals surface area contributed by atoms with Gasteiger partial charge in [0.25, 0.3) is 0 Å². The van der Waals surface area contributed by atoms with Crippen molar-refractivity contribution in [3.63, 3.8) is 0 Å². The van der Waals surface area contributed by atoms with Crippen LogP contribution in [0.25, 0.3) is 0 Å². The summed E-state index contributed by atoms with van der Waals surface area (Å²) in [6, 6.07) is 6.48. The molecule has 1 N–H and O–H groups in total. The molecule has 0 spiro atoms. The Morgan fingerprint density at radius 1 is 1.60 bits per heavy atom. The summed E-state index contributed by atoms with van der Waals surface area (Å²) in [4.78, 5) is 4.22. The second kappa shape index (κ2) is 6.15. The SMILES string of the molecule is CC[C@@H](CC#N)NCc1cccnc1C. The normalized spacial score (nSPS) is 12.1. The van der Waals surface area contributed by atoms with Gasteiger partial charge in [0.2, 0.25) is 0 Å². The third-order valence-electron chi connectivity index (χ3n) is 2.53. The molecule has 3 nitrogen and oxygen atoms in total. The van der Waals surface area contributed by atoms with Gasteiger partial charge in [0.05, 0.1) is 12.5 Å². The van der Waals surface area contributed by atoms with Crippen LogP contribution < -0.4 is 5.32 Å². The molecule has 0 aliphatic rings. The Balaban J connectivity index is 2.49. The lowest BCUT2D eigenvalue weighted by Gasteiger charge is -2.14. The molecule has 0 aliphatic heterocycles. The number of nitrogens with zero attached hydrogens (tertiary/aromatic N) is 2. The highest BCUT2D eigenvalue weighted by Crippen LogP contribution is 2.05. The van der Waals surface area contributed by atoms with Gasteiger partial charge in [-0.3, -0.25) is 4.98 Å². The van der Waals surface area contributed by atoms with Crippen LogP contribution in [0.4, 0.5) is 0 Å². The molecule has 0 bridgehead atoms. The zero-order valence-corrected chi connectivity index (χ0v) is 9.33. The van der Waals surface area contributed by atoms with Crippen LogP contribution in [0.3, 0.4) is 0 Å².